The van der Waals surface area contributed by atoms with E-state index in [1.807, 2.05) is 54.0 Å². The molecule has 132 valence electrons. The van der Waals surface area contributed by atoms with Crippen molar-refractivity contribution in [3.63, 3.8) is 0 Å². The van der Waals surface area contributed by atoms with Crippen LogP contribution in [0.2, 0.25) is 5.02 Å². The van der Waals surface area contributed by atoms with Crippen molar-refractivity contribution in [2.75, 3.05) is 6.79 Å². The summed E-state index contributed by atoms with van der Waals surface area (Å²) in [4.78, 5) is 11.8. The molecule has 2 N–H and O–H groups in total. The highest BCUT2D eigenvalue weighted by Gasteiger charge is 2.19. The molecule has 26 heavy (non-hydrogen) atoms. The first-order chi connectivity index (χ1) is 12.5. The van der Waals surface area contributed by atoms with Crippen molar-refractivity contribution in [3.8, 4) is 22.8 Å². The van der Waals surface area contributed by atoms with Crippen LogP contribution in [0.25, 0.3) is 11.3 Å². The molecule has 3 aromatic rings. The zero-order valence-corrected chi connectivity index (χ0v) is 14.9. The summed E-state index contributed by atoms with van der Waals surface area (Å²) in [5.41, 5.74) is 9.57. The Kier molecular flexibility index (Phi) is 4.09. The van der Waals surface area contributed by atoms with Crippen molar-refractivity contribution < 1.29 is 14.3 Å². The highest BCUT2D eigenvalue weighted by molar-refractivity contribution is 6.33. The summed E-state index contributed by atoms with van der Waals surface area (Å²) < 4.78 is 12.9. The molecule has 1 aliphatic heterocycles. The van der Waals surface area contributed by atoms with Gasteiger partial charge in [-0.25, -0.2) is 0 Å². The van der Waals surface area contributed by atoms with Crippen LogP contribution in [0.15, 0.2) is 48.5 Å². The second-order valence-corrected chi connectivity index (χ2v) is 6.55. The molecule has 1 amide bonds. The lowest BCUT2D eigenvalue weighted by molar-refractivity contribution is 0.0999. The second-order valence-electron chi connectivity index (χ2n) is 6.15. The van der Waals surface area contributed by atoms with E-state index in [9.17, 15) is 4.79 Å². The standard InChI is InChI=1S/C20H17ClN2O3/c1-12-15(20(22)24)9-17(14-4-2-3-5-16(14)21)23(12)10-13-6-7-18-19(8-13)26-11-25-18/h2-9H,10-11H2,1H3,(H2,22,24). The van der Waals surface area contributed by atoms with Crippen molar-refractivity contribution in [1.29, 1.82) is 0 Å². The third-order valence-electron chi connectivity index (χ3n) is 4.56. The molecule has 2 heterocycles. The summed E-state index contributed by atoms with van der Waals surface area (Å²) in [5, 5.41) is 0.618. The minimum absolute atomic E-state index is 0.234. The number of hydrogen-bond donors (Lipinski definition) is 1. The molecule has 1 aromatic heterocycles. The number of carbonyl (C=O) groups is 1. The topological polar surface area (TPSA) is 66.5 Å². The van der Waals surface area contributed by atoms with Crippen LogP contribution < -0.4 is 15.2 Å². The van der Waals surface area contributed by atoms with Gasteiger partial charge >= 0.3 is 0 Å². The Morgan fingerprint density at radius 3 is 2.69 bits per heavy atom. The van der Waals surface area contributed by atoms with E-state index in [4.69, 9.17) is 26.8 Å². The maximum atomic E-state index is 11.8. The van der Waals surface area contributed by atoms with Crippen LogP contribution in [0.5, 0.6) is 11.5 Å². The molecule has 0 unspecified atom stereocenters. The number of halogens is 1. The molecule has 5 nitrogen and oxygen atoms in total. The smallest absolute Gasteiger partial charge is 0.250 e. The van der Waals surface area contributed by atoms with Crippen LogP contribution in [0.1, 0.15) is 21.6 Å². The van der Waals surface area contributed by atoms with Crippen LogP contribution in [0.3, 0.4) is 0 Å². The predicted octanol–water partition coefficient (Wildman–Crippen LogP) is 3.99. The first-order valence-electron chi connectivity index (χ1n) is 8.18. The van der Waals surface area contributed by atoms with Crippen LogP contribution in [0, 0.1) is 6.92 Å². The first kappa shape index (κ1) is 16.5. The van der Waals surface area contributed by atoms with Gasteiger partial charge in [0.2, 0.25) is 6.79 Å². The van der Waals surface area contributed by atoms with Crippen LogP contribution in [-0.4, -0.2) is 17.3 Å². The molecule has 1 aliphatic rings. The summed E-state index contributed by atoms with van der Waals surface area (Å²) in [6.07, 6.45) is 0. The van der Waals surface area contributed by atoms with E-state index in [0.717, 1.165) is 34.0 Å². The molecule has 2 aromatic carbocycles. The molecule has 0 fully saturated rings. The van der Waals surface area contributed by atoms with Gasteiger partial charge in [0.05, 0.1) is 11.3 Å². The SMILES string of the molecule is Cc1c(C(N)=O)cc(-c2ccccc2Cl)n1Cc1ccc2c(c1)OCO2. The van der Waals surface area contributed by atoms with Crippen LogP contribution in [0.4, 0.5) is 0 Å². The number of hydrogen-bond acceptors (Lipinski definition) is 3. The average Bonchev–Trinajstić information content (AvgIpc) is 3.20. The largest absolute Gasteiger partial charge is 0.454 e. The first-order valence-corrected chi connectivity index (χ1v) is 8.56. The van der Waals surface area contributed by atoms with Crippen LogP contribution in [-0.2, 0) is 6.54 Å². The lowest BCUT2D eigenvalue weighted by Gasteiger charge is -2.13. The summed E-state index contributed by atoms with van der Waals surface area (Å²) in [6, 6.07) is 15.2. The monoisotopic (exact) mass is 368 g/mol. The Balaban J connectivity index is 1.82. The highest BCUT2D eigenvalue weighted by Crippen LogP contribution is 2.35. The molecule has 0 aliphatic carbocycles. The fourth-order valence-electron chi connectivity index (χ4n) is 3.21. The maximum absolute atomic E-state index is 11.8. The van der Waals surface area contributed by atoms with Gasteiger partial charge in [-0.2, -0.15) is 0 Å². The molecule has 4 rings (SSSR count). The van der Waals surface area contributed by atoms with E-state index in [-0.39, 0.29) is 6.79 Å². The summed E-state index contributed by atoms with van der Waals surface area (Å²) in [6.45, 7) is 2.67. The molecule has 0 spiro atoms. The lowest BCUT2D eigenvalue weighted by atomic mass is 10.1. The molecule has 0 radical (unpaired) electrons. The Hall–Kier alpha value is -2.92. The molecular formula is C20H17ClN2O3. The zero-order valence-electron chi connectivity index (χ0n) is 14.2. The van der Waals surface area contributed by atoms with E-state index in [1.165, 1.54) is 0 Å². The van der Waals surface area contributed by atoms with Crippen LogP contribution >= 0.6 is 11.6 Å². The Morgan fingerprint density at radius 2 is 1.92 bits per heavy atom. The summed E-state index contributed by atoms with van der Waals surface area (Å²) in [5.74, 6) is 1.00. The Labute approximate surface area is 155 Å². The minimum atomic E-state index is -0.458. The number of aromatic nitrogens is 1. The second kappa shape index (κ2) is 6.42. The number of primary amides is 1. The average molecular weight is 369 g/mol. The van der Waals surface area contributed by atoms with Gasteiger partial charge in [0, 0.05) is 22.8 Å². The van der Waals surface area contributed by atoms with Gasteiger partial charge < -0.3 is 19.8 Å². The van der Waals surface area contributed by atoms with Crippen molar-refractivity contribution in [2.24, 2.45) is 5.73 Å². The fourth-order valence-corrected chi connectivity index (χ4v) is 3.44. The molecular weight excluding hydrogens is 352 g/mol. The number of fused-ring (bicyclic) bond motifs is 1. The van der Waals surface area contributed by atoms with Crippen molar-refractivity contribution in [2.45, 2.75) is 13.5 Å². The van der Waals surface area contributed by atoms with Gasteiger partial charge in [-0.1, -0.05) is 35.9 Å². The van der Waals surface area contributed by atoms with E-state index in [1.54, 1.807) is 6.07 Å². The zero-order chi connectivity index (χ0) is 18.3. The van der Waals surface area contributed by atoms with E-state index in [2.05, 4.69) is 0 Å². The molecule has 0 atom stereocenters. The van der Waals surface area contributed by atoms with Crippen molar-refractivity contribution >= 4 is 17.5 Å². The van der Waals surface area contributed by atoms with Crippen molar-refractivity contribution in [1.82, 2.24) is 4.57 Å². The fraction of sp³-hybridized carbons (Fsp3) is 0.150. The normalized spacial score (nSPS) is 12.4. The number of ether oxygens (including phenoxy) is 2. The highest BCUT2D eigenvalue weighted by atomic mass is 35.5. The number of carbonyl (C=O) groups excluding carboxylic acids is 1. The lowest BCUT2D eigenvalue weighted by Crippen LogP contribution is -2.12. The van der Waals surface area contributed by atoms with E-state index < -0.39 is 5.91 Å². The van der Waals surface area contributed by atoms with Gasteiger partial charge in [0.1, 0.15) is 0 Å². The predicted molar refractivity (Wildman–Crippen MR) is 99.8 cm³/mol. The number of nitrogens with two attached hydrogens (primary N) is 1. The number of nitrogens with zero attached hydrogens (tertiary/aromatic N) is 1. The van der Waals surface area contributed by atoms with Gasteiger partial charge in [-0.05, 0) is 36.8 Å². The van der Waals surface area contributed by atoms with E-state index in [0.29, 0.717) is 17.1 Å². The molecule has 0 bridgehead atoms. The number of benzene rings is 2. The van der Waals surface area contributed by atoms with Gasteiger partial charge in [0.25, 0.3) is 5.91 Å². The molecule has 0 saturated heterocycles. The molecule has 0 saturated carbocycles. The third-order valence-corrected chi connectivity index (χ3v) is 4.89. The van der Waals surface area contributed by atoms with Gasteiger partial charge in [-0.3, -0.25) is 4.79 Å². The quantitative estimate of drug-likeness (QED) is 0.757. The third kappa shape index (κ3) is 2.80. The Bertz CT molecular complexity index is 1010. The number of amides is 1. The van der Waals surface area contributed by atoms with Gasteiger partial charge in [0.15, 0.2) is 11.5 Å². The Morgan fingerprint density at radius 1 is 1.15 bits per heavy atom. The number of rotatable bonds is 4. The minimum Gasteiger partial charge on any atom is -0.454 e. The van der Waals surface area contributed by atoms with Crippen molar-refractivity contribution in [3.05, 3.63) is 70.4 Å². The molecule has 6 heteroatoms. The summed E-state index contributed by atoms with van der Waals surface area (Å²) >= 11 is 6.39. The maximum Gasteiger partial charge on any atom is 0.250 e. The van der Waals surface area contributed by atoms with Gasteiger partial charge in [-0.15, -0.1) is 0 Å². The van der Waals surface area contributed by atoms with E-state index >= 15 is 0 Å². The summed E-state index contributed by atoms with van der Waals surface area (Å²) in [7, 11) is 0.